The average molecular weight is 348 g/mol. The van der Waals surface area contributed by atoms with E-state index in [-0.39, 0.29) is 12.2 Å². The van der Waals surface area contributed by atoms with E-state index in [0.717, 1.165) is 25.9 Å². The van der Waals surface area contributed by atoms with Crippen molar-refractivity contribution in [1.29, 1.82) is 0 Å². The van der Waals surface area contributed by atoms with Crippen molar-refractivity contribution in [3.8, 4) is 0 Å². The van der Waals surface area contributed by atoms with Crippen LogP contribution < -0.4 is 0 Å². The highest BCUT2D eigenvalue weighted by Gasteiger charge is 2.30. The molecule has 0 spiro atoms. The van der Waals surface area contributed by atoms with Crippen molar-refractivity contribution >= 4 is 0 Å². The quantitative estimate of drug-likeness (QED) is 0.415. The lowest BCUT2D eigenvalue weighted by Gasteiger charge is -2.28. The number of halogens is 4. The van der Waals surface area contributed by atoms with Crippen molar-refractivity contribution in [2.45, 2.75) is 70.6 Å². The second-order valence-corrected chi connectivity index (χ2v) is 7.17. The smallest absolute Gasteiger partial charge is 0.374 e. The molecule has 1 saturated heterocycles. The Balaban J connectivity index is 1.72. The van der Waals surface area contributed by atoms with E-state index >= 15 is 0 Å². The lowest BCUT2D eigenvalue weighted by atomic mass is 9.81. The molecule has 2 rings (SSSR count). The summed E-state index contributed by atoms with van der Waals surface area (Å²) in [4.78, 5) is 0. The minimum atomic E-state index is -4.56. The molecule has 1 aliphatic carbocycles. The molecule has 2 atom stereocenters. The van der Waals surface area contributed by atoms with Crippen LogP contribution in [-0.4, -0.2) is 18.9 Å². The van der Waals surface area contributed by atoms with Gasteiger partial charge in [0.25, 0.3) is 0 Å². The normalized spacial score (nSPS) is 33.1. The molecule has 24 heavy (non-hydrogen) atoms. The third-order valence-corrected chi connectivity index (χ3v) is 5.16. The van der Waals surface area contributed by atoms with E-state index in [0.29, 0.717) is 24.7 Å². The average Bonchev–Trinajstić information content (AvgIpc) is 2.53. The van der Waals surface area contributed by atoms with Gasteiger partial charge in [-0.1, -0.05) is 25.5 Å². The zero-order chi connectivity index (χ0) is 17.6. The Morgan fingerprint density at radius 1 is 1.04 bits per heavy atom. The van der Waals surface area contributed by atoms with Gasteiger partial charge in [0.1, 0.15) is 5.83 Å². The topological polar surface area (TPSA) is 9.23 Å². The number of rotatable bonds is 5. The maximum atomic E-state index is 13.6. The number of hydrogen-bond acceptors (Lipinski definition) is 1. The number of ether oxygens (including phenoxy) is 1. The van der Waals surface area contributed by atoms with E-state index in [9.17, 15) is 17.6 Å². The molecule has 2 unspecified atom stereocenters. The third kappa shape index (κ3) is 6.58. The van der Waals surface area contributed by atoms with E-state index < -0.39 is 17.9 Å². The van der Waals surface area contributed by atoms with Crippen molar-refractivity contribution in [3.05, 3.63) is 24.1 Å². The predicted molar refractivity (Wildman–Crippen MR) is 87.2 cm³/mol. The predicted octanol–water partition coefficient (Wildman–Crippen LogP) is 6.36. The summed E-state index contributed by atoms with van der Waals surface area (Å²) in [6, 6.07) is 0. The fourth-order valence-corrected chi connectivity index (χ4v) is 3.76. The van der Waals surface area contributed by atoms with E-state index in [1.807, 2.05) is 0 Å². The van der Waals surface area contributed by atoms with Crippen LogP contribution in [0.3, 0.4) is 0 Å². The Bertz CT molecular complexity index is 425. The highest BCUT2D eigenvalue weighted by molar-refractivity contribution is 5.05. The van der Waals surface area contributed by atoms with E-state index in [2.05, 4.69) is 19.1 Å². The van der Waals surface area contributed by atoms with Crippen LogP contribution in [0, 0.1) is 17.8 Å². The molecule has 0 aromatic rings. The van der Waals surface area contributed by atoms with Crippen LogP contribution in [0.1, 0.15) is 58.3 Å². The molecule has 1 nitrogen and oxygen atoms in total. The Morgan fingerprint density at radius 3 is 2.29 bits per heavy atom. The van der Waals surface area contributed by atoms with Gasteiger partial charge in [-0.05, 0) is 56.8 Å². The van der Waals surface area contributed by atoms with Gasteiger partial charge in [0.15, 0.2) is 0 Å². The van der Waals surface area contributed by atoms with E-state index in [4.69, 9.17) is 4.74 Å². The lowest BCUT2D eigenvalue weighted by Crippen LogP contribution is -2.24. The minimum Gasteiger partial charge on any atom is -0.374 e. The molecular weight excluding hydrogens is 320 g/mol. The van der Waals surface area contributed by atoms with E-state index in [1.54, 1.807) is 0 Å². The SMILES string of the molecule is CCCC1CCC(C=CC2CCC(C(F)=CC(F)(F)F)CC2)OC1. The van der Waals surface area contributed by atoms with Gasteiger partial charge in [0, 0.05) is 5.92 Å². The first-order chi connectivity index (χ1) is 11.4. The summed E-state index contributed by atoms with van der Waals surface area (Å²) >= 11 is 0. The summed E-state index contributed by atoms with van der Waals surface area (Å²) in [5, 5.41) is 0. The molecule has 0 aromatic carbocycles. The van der Waals surface area contributed by atoms with Gasteiger partial charge in [-0.3, -0.25) is 0 Å². The fraction of sp³-hybridized carbons (Fsp3) is 0.789. The van der Waals surface area contributed by atoms with Crippen molar-refractivity contribution in [2.75, 3.05) is 6.61 Å². The molecule has 0 N–H and O–H groups in total. The number of alkyl halides is 3. The van der Waals surface area contributed by atoms with Crippen LogP contribution in [0.2, 0.25) is 0 Å². The number of hydrogen-bond donors (Lipinski definition) is 0. The standard InChI is InChI=1S/C19H28F4O/c1-2-3-15-7-11-17(24-13-15)10-6-14-4-8-16(9-5-14)18(20)12-19(21,22)23/h6,10,12,14-17H,2-5,7-9,11,13H2,1H3. The summed E-state index contributed by atoms with van der Waals surface area (Å²) < 4.78 is 56.1. The first-order valence-electron chi connectivity index (χ1n) is 9.12. The monoisotopic (exact) mass is 348 g/mol. The fourth-order valence-electron chi connectivity index (χ4n) is 3.76. The minimum absolute atomic E-state index is 0.165. The molecule has 1 aliphatic heterocycles. The Hall–Kier alpha value is -0.840. The van der Waals surface area contributed by atoms with Crippen LogP contribution in [0.25, 0.3) is 0 Å². The molecule has 1 heterocycles. The van der Waals surface area contributed by atoms with Gasteiger partial charge in [-0.15, -0.1) is 0 Å². The van der Waals surface area contributed by atoms with Crippen LogP contribution in [-0.2, 0) is 4.74 Å². The zero-order valence-corrected chi connectivity index (χ0v) is 14.3. The summed E-state index contributed by atoms with van der Waals surface area (Å²) in [5.41, 5.74) is 0. The summed E-state index contributed by atoms with van der Waals surface area (Å²) in [6.45, 7) is 3.01. The van der Waals surface area contributed by atoms with Crippen LogP contribution in [0.5, 0.6) is 0 Å². The second kappa shape index (κ2) is 9.02. The first kappa shape index (κ1) is 19.5. The Morgan fingerprint density at radius 2 is 1.75 bits per heavy atom. The third-order valence-electron chi connectivity index (χ3n) is 5.16. The molecule has 138 valence electrons. The highest BCUT2D eigenvalue weighted by atomic mass is 19.4. The van der Waals surface area contributed by atoms with Crippen LogP contribution >= 0.6 is 0 Å². The van der Waals surface area contributed by atoms with Crippen LogP contribution in [0.15, 0.2) is 24.1 Å². The lowest BCUT2D eigenvalue weighted by molar-refractivity contribution is -0.0820. The maximum Gasteiger partial charge on any atom is 0.412 e. The van der Waals surface area contributed by atoms with Crippen molar-refractivity contribution in [1.82, 2.24) is 0 Å². The molecule has 2 fully saturated rings. The molecule has 0 radical (unpaired) electrons. The summed E-state index contributed by atoms with van der Waals surface area (Å²) in [6.07, 6.45) is 6.76. The van der Waals surface area contributed by atoms with E-state index in [1.165, 1.54) is 19.3 Å². The zero-order valence-electron chi connectivity index (χ0n) is 14.3. The van der Waals surface area contributed by atoms with Crippen molar-refractivity contribution < 1.29 is 22.3 Å². The molecule has 5 heteroatoms. The Labute approximate surface area is 142 Å². The highest BCUT2D eigenvalue weighted by Crippen LogP contribution is 2.36. The molecular formula is C19H28F4O. The van der Waals surface area contributed by atoms with Gasteiger partial charge < -0.3 is 4.74 Å². The largest absolute Gasteiger partial charge is 0.412 e. The van der Waals surface area contributed by atoms with Gasteiger partial charge in [0.05, 0.1) is 18.8 Å². The van der Waals surface area contributed by atoms with Crippen molar-refractivity contribution in [2.24, 2.45) is 17.8 Å². The maximum absolute atomic E-state index is 13.6. The summed E-state index contributed by atoms with van der Waals surface area (Å²) in [7, 11) is 0. The van der Waals surface area contributed by atoms with Crippen molar-refractivity contribution in [3.63, 3.8) is 0 Å². The molecule has 0 amide bonds. The summed E-state index contributed by atoms with van der Waals surface area (Å²) in [5.74, 6) is -0.574. The van der Waals surface area contributed by atoms with Gasteiger partial charge in [0.2, 0.25) is 0 Å². The van der Waals surface area contributed by atoms with Gasteiger partial charge in [-0.25, -0.2) is 4.39 Å². The molecule has 0 aromatic heterocycles. The number of allylic oxidation sites excluding steroid dienone is 3. The van der Waals surface area contributed by atoms with Crippen LogP contribution in [0.4, 0.5) is 17.6 Å². The molecule has 1 saturated carbocycles. The molecule has 0 bridgehead atoms. The molecule has 2 aliphatic rings. The van der Waals surface area contributed by atoms with Gasteiger partial charge in [-0.2, -0.15) is 13.2 Å². The van der Waals surface area contributed by atoms with Gasteiger partial charge >= 0.3 is 6.18 Å². The first-order valence-corrected chi connectivity index (χ1v) is 9.12. The Kier molecular flexibility index (Phi) is 7.33. The second-order valence-electron chi connectivity index (χ2n) is 7.17.